The van der Waals surface area contributed by atoms with Gasteiger partial charge in [-0.25, -0.2) is 0 Å². The molecule has 2 aliphatic rings. The van der Waals surface area contributed by atoms with E-state index in [1.807, 2.05) is 48.5 Å². The molecule has 2 fully saturated rings. The van der Waals surface area contributed by atoms with Gasteiger partial charge in [0.25, 0.3) is 0 Å². The molecule has 5 rings (SSSR count). The van der Waals surface area contributed by atoms with Crippen LogP contribution in [0, 0.1) is 23.7 Å². The molecule has 29 nitrogen and oxygen atoms in total. The predicted molar refractivity (Wildman–Crippen MR) is 434 cm³/mol. The van der Waals surface area contributed by atoms with Crippen LogP contribution >= 0.6 is 0 Å². The number of rotatable bonds is 20. The van der Waals surface area contributed by atoms with Crippen molar-refractivity contribution in [2.75, 3.05) is 83.1 Å². The van der Waals surface area contributed by atoms with E-state index in [4.69, 9.17) is 0 Å². The SMILES string of the molecule is CC[C@H](C)[C@@H]1NC(=O)[C@H](C)N(C)C(=O)[C@H](CC(C)C)N(C)C(=O)CCN(C)C(=O)C[C@@H](C(=O)N(C)[C@@H](Cc2ccccc2)C(=O)N[C@@H](C)C(=O)N2CCCCC2)NC(=O)[C@H](CC(C)C)N(C)C(=O)[C@H](Cc2ccccc2)N(C)C(=O)[C@H](Cc2ccccc2)N(C)C(=O)[C@H](C)N(C)C(=O)[C@H]([C@@H](C)O)NC(=O)[C@H](CC(C)C)N(C)C1=O. The minimum atomic E-state index is -1.78. The molecule has 0 radical (unpaired) electrons. The van der Waals surface area contributed by atoms with Crippen LogP contribution in [0.5, 0.6) is 0 Å². The highest BCUT2D eigenvalue weighted by atomic mass is 16.3. The molecule has 14 atom stereocenters. The van der Waals surface area contributed by atoms with Gasteiger partial charge in [0.1, 0.15) is 72.5 Å². The van der Waals surface area contributed by atoms with Gasteiger partial charge < -0.3 is 75.4 Å². The zero-order valence-corrected chi connectivity index (χ0v) is 71.2. The summed E-state index contributed by atoms with van der Waals surface area (Å²) in [5.41, 5.74) is 1.84. The van der Waals surface area contributed by atoms with Crippen molar-refractivity contribution in [1.29, 1.82) is 0 Å². The third-order valence-electron chi connectivity index (χ3n) is 22.5. The Bertz CT molecular complexity index is 3770. The molecule has 0 aromatic heterocycles. The number of piperidine rings is 1. The first-order valence-electron chi connectivity index (χ1n) is 40.2. The lowest BCUT2D eigenvalue weighted by Crippen LogP contribution is -2.63. The van der Waals surface area contributed by atoms with E-state index in [-0.39, 0.29) is 75.2 Å². The molecule has 0 spiro atoms. The summed E-state index contributed by atoms with van der Waals surface area (Å²) in [6.07, 6.45) is 0.0132. The average Bonchev–Trinajstić information content (AvgIpc) is 0.815. The Morgan fingerprint density at radius 3 is 1.36 bits per heavy atom. The minimum absolute atomic E-state index is 0.0419. The molecule has 0 unspecified atom stereocenters. The van der Waals surface area contributed by atoms with Gasteiger partial charge >= 0.3 is 0 Å². The second kappa shape index (κ2) is 44.2. The quantitative estimate of drug-likeness (QED) is 0.106. The fourth-order valence-corrected chi connectivity index (χ4v) is 14.4. The molecule has 5 N–H and O–H groups in total. The molecule has 2 saturated heterocycles. The van der Waals surface area contributed by atoms with E-state index in [1.54, 1.807) is 110 Å². The predicted octanol–water partition coefficient (Wildman–Crippen LogP) is 4.16. The van der Waals surface area contributed by atoms with E-state index in [9.17, 15) is 38.7 Å². The van der Waals surface area contributed by atoms with Gasteiger partial charge in [0.15, 0.2) is 0 Å². The highest BCUT2D eigenvalue weighted by Crippen LogP contribution is 2.25. The largest absolute Gasteiger partial charge is 0.391 e. The second-order valence-corrected chi connectivity index (χ2v) is 32.6. The van der Waals surface area contributed by atoms with Crippen LogP contribution in [0.4, 0.5) is 0 Å². The summed E-state index contributed by atoms with van der Waals surface area (Å²) in [6.45, 7) is 21.0. The van der Waals surface area contributed by atoms with Gasteiger partial charge in [-0.2, -0.15) is 0 Å². The van der Waals surface area contributed by atoms with Crippen molar-refractivity contribution in [2.45, 2.75) is 239 Å². The van der Waals surface area contributed by atoms with E-state index in [0.717, 1.165) is 29.1 Å². The number of likely N-dealkylation sites (tertiary alicyclic amines) is 1. The summed E-state index contributed by atoms with van der Waals surface area (Å²) >= 11 is 0. The smallest absolute Gasteiger partial charge is 0.248 e. The molecule has 3 aromatic carbocycles. The molecule has 0 bridgehead atoms. The van der Waals surface area contributed by atoms with Crippen LogP contribution in [0.15, 0.2) is 91.0 Å². The number of amides is 14. The minimum Gasteiger partial charge on any atom is -0.391 e. The van der Waals surface area contributed by atoms with Crippen LogP contribution in [-0.2, 0) is 86.4 Å². The van der Waals surface area contributed by atoms with Crippen LogP contribution in [0.3, 0.4) is 0 Å². The van der Waals surface area contributed by atoms with Crippen LogP contribution in [0.2, 0.25) is 0 Å². The number of likely N-dealkylation sites (N-methyl/N-ethyl adjacent to an activating group) is 8. The Hall–Kier alpha value is -9.80. The molecule has 14 amide bonds. The van der Waals surface area contributed by atoms with Crippen LogP contribution in [-0.4, -0.2) is 298 Å². The standard InChI is InChI=1S/C85H130N14O15/c1-22-55(8)72-84(113)96(19)65(46-53(4)5)77(106)89-73(59(12)100)85(114)92(15)58(11)79(108)97(20)68(49-61-37-29-24-30-38-61)83(112)98(21)69(50-62-39-31-25-32-40-62)82(111)95(18)64(45-52(2)3)76(105)87-63(51-71(102)90(13)44-41-70(101)93(16)67(47-54(6)7)81(110)91(14)57(10)74(103)88-72)80(109)94(17)66(48-60-35-27-23-28-36-60)75(104)86-56(9)78(107)99-42-33-26-34-43-99/h23-25,27-32,35-40,52-59,63-69,72-73,100H,22,26,33-34,41-51H2,1-21H3,(H,86,104)(H,87,105)(H,88,103)(H,89,106)/t55-,56-,57-,58-,59+,63-,64-,65-,66-,67-,68-,69-,72-,73-/m0/s1. The summed E-state index contributed by atoms with van der Waals surface area (Å²) in [7, 11) is 12.5. The number of aliphatic hydroxyl groups is 1. The number of nitrogens with one attached hydrogen (secondary N) is 4. The lowest BCUT2D eigenvalue weighted by Gasteiger charge is -2.39. The van der Waals surface area contributed by atoms with Gasteiger partial charge in [-0.05, 0) is 107 Å². The zero-order chi connectivity index (χ0) is 85.4. The van der Waals surface area contributed by atoms with Crippen molar-refractivity contribution in [3.05, 3.63) is 108 Å². The Labute approximate surface area is 675 Å². The fourth-order valence-electron chi connectivity index (χ4n) is 14.4. The molecule has 3 aromatic rings. The molecular weight excluding hydrogens is 1460 g/mol. The van der Waals surface area contributed by atoms with E-state index < -0.39 is 168 Å². The fraction of sp³-hybridized carbons (Fsp3) is 0.624. The van der Waals surface area contributed by atoms with Crippen molar-refractivity contribution in [3.63, 3.8) is 0 Å². The number of nitrogens with zero attached hydrogens (tertiary/aromatic N) is 10. The number of carbonyl (C=O) groups is 14. The topological polar surface area (TPSA) is 340 Å². The lowest BCUT2D eigenvalue weighted by molar-refractivity contribution is -0.154. The van der Waals surface area contributed by atoms with E-state index in [2.05, 4.69) is 21.3 Å². The van der Waals surface area contributed by atoms with Gasteiger partial charge in [-0.1, -0.05) is 153 Å². The van der Waals surface area contributed by atoms with Crippen molar-refractivity contribution in [1.82, 2.24) is 70.3 Å². The second-order valence-electron chi connectivity index (χ2n) is 32.6. The first-order valence-corrected chi connectivity index (χ1v) is 40.2. The van der Waals surface area contributed by atoms with Crippen LogP contribution in [0.1, 0.15) is 158 Å². The maximum Gasteiger partial charge on any atom is 0.248 e. The molecule has 630 valence electrons. The number of benzene rings is 3. The monoisotopic (exact) mass is 1590 g/mol. The van der Waals surface area contributed by atoms with Gasteiger partial charge in [0, 0.05) is 109 Å². The summed E-state index contributed by atoms with van der Waals surface area (Å²) in [6, 6.07) is 9.94. The zero-order valence-electron chi connectivity index (χ0n) is 71.2. The Morgan fingerprint density at radius 2 is 0.886 bits per heavy atom. The summed E-state index contributed by atoms with van der Waals surface area (Å²) in [5.74, 6) is -11.5. The summed E-state index contributed by atoms with van der Waals surface area (Å²) in [5, 5.41) is 22.6. The lowest BCUT2D eigenvalue weighted by atomic mass is 9.95. The Kier molecular flexibility index (Phi) is 36.7. The van der Waals surface area contributed by atoms with Gasteiger partial charge in [-0.3, -0.25) is 67.1 Å². The molecule has 29 heteroatoms. The molecule has 2 aliphatic heterocycles. The van der Waals surface area contributed by atoms with Crippen LogP contribution < -0.4 is 21.3 Å². The molecular formula is C85H130N14O15. The summed E-state index contributed by atoms with van der Waals surface area (Å²) < 4.78 is 0. The highest BCUT2D eigenvalue weighted by Gasteiger charge is 2.45. The first-order chi connectivity index (χ1) is 53.6. The maximum atomic E-state index is 15.9. The van der Waals surface area contributed by atoms with Crippen molar-refractivity contribution >= 4 is 82.7 Å². The average molecular weight is 1590 g/mol. The van der Waals surface area contributed by atoms with E-state index in [0.29, 0.717) is 36.2 Å². The third-order valence-corrected chi connectivity index (χ3v) is 22.5. The molecule has 0 aliphatic carbocycles. The molecule has 0 saturated carbocycles. The van der Waals surface area contributed by atoms with Crippen molar-refractivity contribution < 1.29 is 72.2 Å². The Morgan fingerprint density at radius 1 is 0.474 bits per heavy atom. The normalized spacial score (nSPS) is 24.3. The number of hydrogen-bond acceptors (Lipinski definition) is 15. The first kappa shape index (κ1) is 94.8. The molecule has 114 heavy (non-hydrogen) atoms. The Balaban J connectivity index is 1.72. The number of aliphatic hydroxyl groups excluding tert-OH is 1. The summed E-state index contributed by atoms with van der Waals surface area (Å²) in [4.78, 5) is 223. The van der Waals surface area contributed by atoms with Crippen molar-refractivity contribution in [2.24, 2.45) is 23.7 Å². The van der Waals surface area contributed by atoms with Gasteiger partial charge in [-0.15, -0.1) is 0 Å². The van der Waals surface area contributed by atoms with E-state index >= 15 is 33.6 Å². The third kappa shape index (κ3) is 25.9. The maximum absolute atomic E-state index is 15.9. The van der Waals surface area contributed by atoms with E-state index in [1.165, 1.54) is 118 Å². The van der Waals surface area contributed by atoms with Gasteiger partial charge in [0.2, 0.25) is 82.7 Å². The number of hydrogen-bond donors (Lipinski definition) is 5. The van der Waals surface area contributed by atoms with Crippen molar-refractivity contribution in [3.8, 4) is 0 Å². The highest BCUT2D eigenvalue weighted by molar-refractivity contribution is 6.01. The van der Waals surface area contributed by atoms with Gasteiger partial charge in [0.05, 0.1) is 12.5 Å². The number of carbonyl (C=O) groups excluding carboxylic acids is 14. The van der Waals surface area contributed by atoms with Crippen LogP contribution in [0.25, 0.3) is 0 Å². The molecule has 2 heterocycles.